The maximum atomic E-state index is 5.35. The van der Waals surface area contributed by atoms with Crippen LogP contribution in [0.15, 0.2) is 4.99 Å². The van der Waals surface area contributed by atoms with Crippen LogP contribution in [0, 0.1) is 5.92 Å². The third-order valence-corrected chi connectivity index (χ3v) is 2.53. The van der Waals surface area contributed by atoms with E-state index in [0.717, 1.165) is 25.5 Å². The number of hydrogen-bond donors (Lipinski definition) is 2. The number of aliphatic imine (C=N–C) groups is 1. The molecule has 0 bridgehead atoms. The minimum atomic E-state index is -0.208. The van der Waals surface area contributed by atoms with Crippen molar-refractivity contribution in [2.24, 2.45) is 10.9 Å². The van der Waals surface area contributed by atoms with Crippen molar-refractivity contribution < 1.29 is 4.74 Å². The Bertz CT molecular complexity index is 225. The van der Waals surface area contributed by atoms with E-state index >= 15 is 0 Å². The van der Waals surface area contributed by atoms with Gasteiger partial charge in [0.1, 0.15) is 0 Å². The second-order valence-electron chi connectivity index (χ2n) is 5.27. The van der Waals surface area contributed by atoms with E-state index in [4.69, 9.17) is 4.74 Å². The number of ether oxygens (including phenoxy) is 1. The predicted molar refractivity (Wildman–Crippen MR) is 74.5 cm³/mol. The number of guanidine groups is 1. The first kappa shape index (κ1) is 16.2. The summed E-state index contributed by atoms with van der Waals surface area (Å²) in [5.41, 5.74) is -0.208. The van der Waals surface area contributed by atoms with Gasteiger partial charge < -0.3 is 15.4 Å². The Labute approximate surface area is 106 Å². The van der Waals surface area contributed by atoms with Crippen molar-refractivity contribution in [1.82, 2.24) is 10.6 Å². The summed E-state index contributed by atoms with van der Waals surface area (Å²) in [6, 6.07) is 0. The molecular formula is C13H29N3O. The summed E-state index contributed by atoms with van der Waals surface area (Å²) >= 11 is 0. The molecular weight excluding hydrogens is 214 g/mol. The lowest BCUT2D eigenvalue weighted by atomic mass is 10.1. The van der Waals surface area contributed by atoms with Gasteiger partial charge in [-0.25, -0.2) is 0 Å². The van der Waals surface area contributed by atoms with Gasteiger partial charge >= 0.3 is 0 Å². The molecule has 0 aliphatic rings. The Kier molecular flexibility index (Phi) is 7.96. The monoisotopic (exact) mass is 243 g/mol. The van der Waals surface area contributed by atoms with E-state index in [0.29, 0.717) is 12.5 Å². The Balaban J connectivity index is 4.16. The van der Waals surface area contributed by atoms with Crippen molar-refractivity contribution in [3.05, 3.63) is 0 Å². The minimum absolute atomic E-state index is 0.208. The van der Waals surface area contributed by atoms with E-state index in [1.807, 2.05) is 13.8 Å². The van der Waals surface area contributed by atoms with Gasteiger partial charge in [0, 0.05) is 20.2 Å². The largest absolute Gasteiger partial charge is 0.377 e. The van der Waals surface area contributed by atoms with Crippen molar-refractivity contribution in [2.75, 3.05) is 26.7 Å². The van der Waals surface area contributed by atoms with Gasteiger partial charge in [0.15, 0.2) is 5.96 Å². The molecule has 17 heavy (non-hydrogen) atoms. The first-order valence-corrected chi connectivity index (χ1v) is 6.48. The summed E-state index contributed by atoms with van der Waals surface area (Å²) in [4.78, 5) is 4.52. The molecule has 0 atom stereocenters. The highest BCUT2D eigenvalue weighted by Crippen LogP contribution is 2.06. The quantitative estimate of drug-likeness (QED) is 0.531. The molecule has 4 heteroatoms. The van der Waals surface area contributed by atoms with Crippen LogP contribution in [0.4, 0.5) is 0 Å². The molecule has 0 aromatic rings. The van der Waals surface area contributed by atoms with Gasteiger partial charge in [0.25, 0.3) is 0 Å². The second-order valence-corrected chi connectivity index (χ2v) is 5.27. The average Bonchev–Trinajstić information content (AvgIpc) is 2.25. The smallest absolute Gasteiger partial charge is 0.191 e. The van der Waals surface area contributed by atoms with Gasteiger partial charge in [-0.1, -0.05) is 13.8 Å². The Morgan fingerprint density at radius 1 is 1.29 bits per heavy atom. The molecule has 0 fully saturated rings. The molecule has 0 saturated carbocycles. The Morgan fingerprint density at radius 3 is 2.41 bits per heavy atom. The SMILES string of the molecule is CCNC(=NCC(C)(C)OC)NCCC(C)C. The lowest BCUT2D eigenvalue weighted by Crippen LogP contribution is -2.39. The summed E-state index contributed by atoms with van der Waals surface area (Å²) in [6.45, 7) is 13.1. The van der Waals surface area contributed by atoms with Crippen molar-refractivity contribution in [3.63, 3.8) is 0 Å². The fourth-order valence-electron chi connectivity index (χ4n) is 1.15. The first-order valence-electron chi connectivity index (χ1n) is 6.48. The maximum absolute atomic E-state index is 5.35. The van der Waals surface area contributed by atoms with Gasteiger partial charge in [-0.05, 0) is 33.1 Å². The zero-order valence-electron chi connectivity index (χ0n) is 12.3. The third kappa shape index (κ3) is 8.98. The van der Waals surface area contributed by atoms with Gasteiger partial charge in [-0.3, -0.25) is 4.99 Å². The normalized spacial score (nSPS) is 13.0. The van der Waals surface area contributed by atoms with Crippen LogP contribution in [-0.2, 0) is 4.74 Å². The van der Waals surface area contributed by atoms with Gasteiger partial charge in [-0.15, -0.1) is 0 Å². The number of nitrogens with zero attached hydrogens (tertiary/aromatic N) is 1. The molecule has 2 N–H and O–H groups in total. The van der Waals surface area contributed by atoms with Crippen LogP contribution in [0.2, 0.25) is 0 Å². The molecule has 0 unspecified atom stereocenters. The molecule has 4 nitrogen and oxygen atoms in total. The molecule has 0 saturated heterocycles. The minimum Gasteiger partial charge on any atom is -0.377 e. The summed E-state index contributed by atoms with van der Waals surface area (Å²) in [6.07, 6.45) is 1.15. The molecule has 0 rings (SSSR count). The summed E-state index contributed by atoms with van der Waals surface area (Å²) in [5.74, 6) is 1.58. The average molecular weight is 243 g/mol. The van der Waals surface area contributed by atoms with Crippen LogP contribution in [0.3, 0.4) is 0 Å². The van der Waals surface area contributed by atoms with E-state index in [1.165, 1.54) is 0 Å². The van der Waals surface area contributed by atoms with E-state index in [-0.39, 0.29) is 5.60 Å². The predicted octanol–water partition coefficient (Wildman–Crippen LogP) is 2.01. The van der Waals surface area contributed by atoms with Crippen molar-refractivity contribution in [1.29, 1.82) is 0 Å². The van der Waals surface area contributed by atoms with Crippen LogP contribution in [-0.4, -0.2) is 38.3 Å². The molecule has 102 valence electrons. The van der Waals surface area contributed by atoms with Crippen LogP contribution >= 0.6 is 0 Å². The lowest BCUT2D eigenvalue weighted by Gasteiger charge is -2.21. The highest BCUT2D eigenvalue weighted by atomic mass is 16.5. The van der Waals surface area contributed by atoms with E-state index in [2.05, 4.69) is 36.4 Å². The van der Waals surface area contributed by atoms with E-state index in [1.54, 1.807) is 7.11 Å². The molecule has 0 aromatic heterocycles. The zero-order chi connectivity index (χ0) is 13.3. The molecule has 0 amide bonds. The topological polar surface area (TPSA) is 45.7 Å². The molecule has 0 aromatic carbocycles. The Hall–Kier alpha value is -0.770. The van der Waals surface area contributed by atoms with Crippen LogP contribution in [0.25, 0.3) is 0 Å². The lowest BCUT2D eigenvalue weighted by molar-refractivity contribution is 0.0310. The van der Waals surface area contributed by atoms with Crippen molar-refractivity contribution in [2.45, 2.75) is 46.6 Å². The molecule has 0 spiro atoms. The first-order chi connectivity index (χ1) is 7.91. The molecule has 0 heterocycles. The molecule has 0 radical (unpaired) electrons. The third-order valence-electron chi connectivity index (χ3n) is 2.53. The van der Waals surface area contributed by atoms with Gasteiger partial charge in [0.2, 0.25) is 0 Å². The number of hydrogen-bond acceptors (Lipinski definition) is 2. The zero-order valence-corrected chi connectivity index (χ0v) is 12.3. The fourth-order valence-corrected chi connectivity index (χ4v) is 1.15. The molecule has 0 aliphatic heterocycles. The van der Waals surface area contributed by atoms with Crippen molar-refractivity contribution in [3.8, 4) is 0 Å². The van der Waals surface area contributed by atoms with Crippen LogP contribution in [0.1, 0.15) is 41.0 Å². The standard InChI is InChI=1S/C13H29N3O/c1-7-14-12(15-9-8-11(2)3)16-10-13(4,5)17-6/h11H,7-10H2,1-6H3,(H2,14,15,16). The summed E-state index contributed by atoms with van der Waals surface area (Å²) in [5, 5.41) is 6.57. The number of nitrogens with one attached hydrogen (secondary N) is 2. The van der Waals surface area contributed by atoms with Gasteiger partial charge in [-0.2, -0.15) is 0 Å². The second kappa shape index (κ2) is 8.34. The van der Waals surface area contributed by atoms with Crippen LogP contribution < -0.4 is 10.6 Å². The van der Waals surface area contributed by atoms with E-state index in [9.17, 15) is 0 Å². The highest BCUT2D eigenvalue weighted by Gasteiger charge is 2.15. The number of methoxy groups -OCH3 is 1. The maximum Gasteiger partial charge on any atom is 0.191 e. The van der Waals surface area contributed by atoms with Gasteiger partial charge in [0.05, 0.1) is 12.1 Å². The fraction of sp³-hybridized carbons (Fsp3) is 0.923. The van der Waals surface area contributed by atoms with Crippen LogP contribution in [0.5, 0.6) is 0 Å². The highest BCUT2D eigenvalue weighted by molar-refractivity contribution is 5.79. The van der Waals surface area contributed by atoms with Crippen molar-refractivity contribution >= 4 is 5.96 Å². The Morgan fingerprint density at radius 2 is 1.94 bits per heavy atom. The number of rotatable bonds is 7. The molecule has 0 aliphatic carbocycles. The summed E-state index contributed by atoms with van der Waals surface area (Å²) in [7, 11) is 1.72. The van der Waals surface area contributed by atoms with E-state index < -0.39 is 0 Å². The summed E-state index contributed by atoms with van der Waals surface area (Å²) < 4.78 is 5.35.